The summed E-state index contributed by atoms with van der Waals surface area (Å²) in [4.78, 5) is 26.9. The zero-order valence-electron chi connectivity index (χ0n) is 17.2. The highest BCUT2D eigenvalue weighted by Crippen LogP contribution is 2.25. The van der Waals surface area contributed by atoms with Gasteiger partial charge in [-0.3, -0.25) is 9.59 Å². The first kappa shape index (κ1) is 22.9. The second-order valence-electron chi connectivity index (χ2n) is 7.03. The van der Waals surface area contributed by atoms with Gasteiger partial charge in [0.2, 0.25) is 5.91 Å². The standard InChI is InChI=1S/C22H23Cl2N3O4/c1-30-17-4-6-20(31-2)15(11-17)13-25-26-21(28)14-7-9-27(10-8-14)22(29)18-5-3-16(23)12-19(18)24/h3-6,11-14H,7-10H2,1-2H3,(H,26,28)/b25-13-. The number of carbonyl (C=O) groups is 2. The molecule has 0 bridgehead atoms. The molecule has 2 aromatic carbocycles. The molecule has 7 nitrogen and oxygen atoms in total. The second kappa shape index (κ2) is 10.5. The van der Waals surface area contributed by atoms with Crippen LogP contribution in [0.4, 0.5) is 0 Å². The van der Waals surface area contributed by atoms with Gasteiger partial charge in [0.05, 0.1) is 31.0 Å². The number of ether oxygens (including phenoxy) is 2. The first-order valence-corrected chi connectivity index (χ1v) is 10.5. The molecule has 3 rings (SSSR count). The molecule has 1 N–H and O–H groups in total. The monoisotopic (exact) mass is 463 g/mol. The van der Waals surface area contributed by atoms with E-state index in [9.17, 15) is 9.59 Å². The van der Waals surface area contributed by atoms with Crippen LogP contribution in [0.1, 0.15) is 28.8 Å². The topological polar surface area (TPSA) is 80.2 Å². The quantitative estimate of drug-likeness (QED) is 0.518. The summed E-state index contributed by atoms with van der Waals surface area (Å²) in [5.41, 5.74) is 3.67. The molecule has 0 radical (unpaired) electrons. The summed E-state index contributed by atoms with van der Waals surface area (Å²) in [6.45, 7) is 0.923. The van der Waals surface area contributed by atoms with Gasteiger partial charge >= 0.3 is 0 Å². The lowest BCUT2D eigenvalue weighted by molar-refractivity contribution is -0.126. The predicted molar refractivity (Wildman–Crippen MR) is 120 cm³/mol. The number of hydrazone groups is 1. The van der Waals surface area contributed by atoms with Crippen LogP contribution in [0.3, 0.4) is 0 Å². The Morgan fingerprint density at radius 2 is 1.84 bits per heavy atom. The molecule has 1 fully saturated rings. The summed E-state index contributed by atoms with van der Waals surface area (Å²) in [6.07, 6.45) is 2.60. The van der Waals surface area contributed by atoms with Gasteiger partial charge in [-0.2, -0.15) is 5.10 Å². The molecular weight excluding hydrogens is 441 g/mol. The van der Waals surface area contributed by atoms with Crippen LogP contribution in [0, 0.1) is 5.92 Å². The molecule has 0 spiro atoms. The number of amides is 2. The summed E-state index contributed by atoms with van der Waals surface area (Å²) < 4.78 is 10.5. The molecule has 2 aromatic rings. The summed E-state index contributed by atoms with van der Waals surface area (Å²) in [7, 11) is 3.13. The van der Waals surface area contributed by atoms with Crippen LogP contribution in [0.2, 0.25) is 10.0 Å². The maximum Gasteiger partial charge on any atom is 0.255 e. The number of hydrogen-bond acceptors (Lipinski definition) is 5. The van der Waals surface area contributed by atoms with Crippen molar-refractivity contribution in [3.8, 4) is 11.5 Å². The maximum absolute atomic E-state index is 12.7. The largest absolute Gasteiger partial charge is 0.497 e. The normalized spacial score (nSPS) is 14.5. The number of likely N-dealkylation sites (tertiary alicyclic amines) is 1. The summed E-state index contributed by atoms with van der Waals surface area (Å²) in [6, 6.07) is 10.1. The van der Waals surface area contributed by atoms with E-state index in [0.29, 0.717) is 58.6 Å². The minimum atomic E-state index is -0.228. The molecule has 9 heteroatoms. The van der Waals surface area contributed by atoms with Crippen LogP contribution in [-0.4, -0.2) is 50.2 Å². The fraction of sp³-hybridized carbons (Fsp3) is 0.318. The summed E-state index contributed by atoms with van der Waals surface area (Å²) in [5, 5.41) is 4.85. The highest BCUT2D eigenvalue weighted by atomic mass is 35.5. The van der Waals surface area contributed by atoms with E-state index in [-0.39, 0.29) is 17.7 Å². The molecule has 31 heavy (non-hydrogen) atoms. The minimum absolute atomic E-state index is 0.163. The van der Waals surface area contributed by atoms with Crippen LogP contribution in [0.25, 0.3) is 0 Å². The molecule has 0 saturated carbocycles. The van der Waals surface area contributed by atoms with Crippen molar-refractivity contribution in [1.82, 2.24) is 10.3 Å². The number of rotatable bonds is 6. The third-order valence-electron chi connectivity index (χ3n) is 5.13. The van der Waals surface area contributed by atoms with Crippen molar-refractivity contribution in [3.05, 3.63) is 57.6 Å². The number of nitrogens with zero attached hydrogens (tertiary/aromatic N) is 2. The highest BCUT2D eigenvalue weighted by molar-refractivity contribution is 6.36. The second-order valence-corrected chi connectivity index (χ2v) is 7.88. The van der Waals surface area contributed by atoms with Crippen molar-refractivity contribution in [3.63, 3.8) is 0 Å². The Morgan fingerprint density at radius 1 is 1.10 bits per heavy atom. The molecule has 2 amide bonds. The Morgan fingerprint density at radius 3 is 2.48 bits per heavy atom. The van der Waals surface area contributed by atoms with E-state index < -0.39 is 0 Å². The Bertz CT molecular complexity index is 989. The fourth-order valence-corrected chi connectivity index (χ4v) is 3.86. The number of piperidine rings is 1. The predicted octanol–water partition coefficient (Wildman–Crippen LogP) is 4.01. The van der Waals surface area contributed by atoms with Gasteiger partial charge in [0, 0.05) is 29.6 Å². The van der Waals surface area contributed by atoms with E-state index in [2.05, 4.69) is 10.5 Å². The van der Waals surface area contributed by atoms with Crippen molar-refractivity contribution in [1.29, 1.82) is 0 Å². The van der Waals surface area contributed by atoms with Crippen molar-refractivity contribution in [2.45, 2.75) is 12.8 Å². The van der Waals surface area contributed by atoms with Crippen LogP contribution in [0.15, 0.2) is 41.5 Å². The number of nitrogens with one attached hydrogen (secondary N) is 1. The van der Waals surface area contributed by atoms with E-state index in [0.717, 1.165) is 0 Å². The average molecular weight is 464 g/mol. The highest BCUT2D eigenvalue weighted by Gasteiger charge is 2.28. The Kier molecular flexibility index (Phi) is 7.76. The van der Waals surface area contributed by atoms with Gasteiger partial charge in [-0.05, 0) is 49.2 Å². The summed E-state index contributed by atoms with van der Waals surface area (Å²) in [5.74, 6) is 0.699. The van der Waals surface area contributed by atoms with Crippen molar-refractivity contribution < 1.29 is 19.1 Å². The lowest BCUT2D eigenvalue weighted by atomic mass is 9.95. The van der Waals surface area contributed by atoms with Gasteiger partial charge < -0.3 is 14.4 Å². The number of benzene rings is 2. The SMILES string of the molecule is COc1ccc(OC)c(/C=N\NC(=O)C2CCN(C(=O)c3ccc(Cl)cc3Cl)CC2)c1. The van der Waals surface area contributed by atoms with Crippen molar-refractivity contribution in [2.75, 3.05) is 27.3 Å². The first-order valence-electron chi connectivity index (χ1n) is 9.72. The smallest absolute Gasteiger partial charge is 0.255 e. The molecule has 1 aliphatic heterocycles. The molecule has 1 heterocycles. The Hall–Kier alpha value is -2.77. The van der Waals surface area contributed by atoms with Crippen molar-refractivity contribution in [2.24, 2.45) is 11.0 Å². The molecule has 1 aliphatic rings. The van der Waals surface area contributed by atoms with Crippen LogP contribution >= 0.6 is 23.2 Å². The van der Waals surface area contributed by atoms with E-state index in [4.69, 9.17) is 32.7 Å². The fourth-order valence-electron chi connectivity index (χ4n) is 3.38. The molecule has 0 aromatic heterocycles. The van der Waals surface area contributed by atoms with E-state index in [1.165, 1.54) is 6.21 Å². The number of halogens is 2. The van der Waals surface area contributed by atoms with Gasteiger partial charge in [-0.1, -0.05) is 23.2 Å². The maximum atomic E-state index is 12.7. The molecule has 0 atom stereocenters. The Labute approximate surface area is 190 Å². The van der Waals surface area contributed by atoms with Gasteiger partial charge in [0.15, 0.2) is 0 Å². The summed E-state index contributed by atoms with van der Waals surface area (Å²) >= 11 is 12.0. The lowest BCUT2D eigenvalue weighted by Crippen LogP contribution is -2.42. The number of hydrogen-bond donors (Lipinski definition) is 1. The molecule has 0 aliphatic carbocycles. The zero-order valence-corrected chi connectivity index (χ0v) is 18.7. The molecule has 164 valence electrons. The average Bonchev–Trinajstić information content (AvgIpc) is 2.78. The van der Waals surface area contributed by atoms with Crippen LogP contribution in [-0.2, 0) is 4.79 Å². The third kappa shape index (κ3) is 5.68. The molecular formula is C22H23Cl2N3O4. The molecule has 0 unspecified atom stereocenters. The van der Waals surface area contributed by atoms with E-state index in [1.54, 1.807) is 55.5 Å². The van der Waals surface area contributed by atoms with Gasteiger partial charge in [-0.15, -0.1) is 0 Å². The number of carbonyl (C=O) groups excluding carboxylic acids is 2. The minimum Gasteiger partial charge on any atom is -0.497 e. The Balaban J connectivity index is 1.55. The van der Waals surface area contributed by atoms with Crippen molar-refractivity contribution >= 4 is 41.2 Å². The van der Waals surface area contributed by atoms with Crippen LogP contribution in [0.5, 0.6) is 11.5 Å². The van der Waals surface area contributed by atoms with Gasteiger partial charge in [-0.25, -0.2) is 5.43 Å². The zero-order chi connectivity index (χ0) is 22.4. The lowest BCUT2D eigenvalue weighted by Gasteiger charge is -2.31. The molecule has 1 saturated heterocycles. The van der Waals surface area contributed by atoms with E-state index in [1.807, 2.05) is 0 Å². The van der Waals surface area contributed by atoms with Gasteiger partial charge in [0.1, 0.15) is 11.5 Å². The van der Waals surface area contributed by atoms with Crippen LogP contribution < -0.4 is 14.9 Å². The van der Waals surface area contributed by atoms with E-state index >= 15 is 0 Å². The number of methoxy groups -OCH3 is 2. The van der Waals surface area contributed by atoms with Gasteiger partial charge in [0.25, 0.3) is 5.91 Å². The third-order valence-corrected chi connectivity index (χ3v) is 5.68. The first-order chi connectivity index (χ1) is 14.9.